The number of H-pyrrole nitrogens is 1. The lowest BCUT2D eigenvalue weighted by atomic mass is 9.86. The number of pyridine rings is 1. The molecule has 0 aromatic carbocycles. The van der Waals surface area contributed by atoms with Crippen LogP contribution in [0.4, 0.5) is 17.6 Å². The maximum absolute atomic E-state index is 14.2. The molecule has 6 nitrogen and oxygen atoms in total. The number of nitrogens with one attached hydrogen (secondary N) is 1. The lowest BCUT2D eigenvalue weighted by Gasteiger charge is -2.20. The molecule has 0 saturated heterocycles. The zero-order chi connectivity index (χ0) is 18.8. The van der Waals surface area contributed by atoms with Gasteiger partial charge in [0.2, 0.25) is 5.88 Å². The minimum atomic E-state index is -3.35. The minimum Gasteiger partial charge on any atom is -0.469 e. The third-order valence-corrected chi connectivity index (χ3v) is 4.20. The van der Waals surface area contributed by atoms with Gasteiger partial charge in [0.05, 0.1) is 24.9 Å². The molecule has 2 aromatic heterocycles. The third kappa shape index (κ3) is 3.49. The smallest absolute Gasteiger partial charge is 0.309 e. The summed E-state index contributed by atoms with van der Waals surface area (Å²) in [7, 11) is 1.31. The van der Waals surface area contributed by atoms with E-state index in [9.17, 15) is 22.4 Å². The number of nitrogens with zero attached hydrogens (tertiary/aromatic N) is 2. The quantitative estimate of drug-likeness (QED) is 0.644. The van der Waals surface area contributed by atoms with Gasteiger partial charge in [0, 0.05) is 29.3 Å². The molecule has 2 unspecified atom stereocenters. The predicted octanol–water partition coefficient (Wildman–Crippen LogP) is 2.83. The summed E-state index contributed by atoms with van der Waals surface area (Å²) in [6, 6.07) is 1.02. The zero-order valence-corrected chi connectivity index (χ0v) is 13.6. The molecule has 1 aliphatic rings. The molecule has 140 valence electrons. The van der Waals surface area contributed by atoms with Gasteiger partial charge in [-0.05, 0) is 12.8 Å². The van der Waals surface area contributed by atoms with Crippen LogP contribution in [0.5, 0.6) is 5.88 Å². The summed E-state index contributed by atoms with van der Waals surface area (Å²) in [6.45, 7) is 0. The van der Waals surface area contributed by atoms with Crippen molar-refractivity contribution in [2.45, 2.75) is 32.0 Å². The van der Waals surface area contributed by atoms with E-state index in [1.165, 1.54) is 7.11 Å². The van der Waals surface area contributed by atoms with Crippen LogP contribution in [0.3, 0.4) is 0 Å². The number of halogens is 4. The van der Waals surface area contributed by atoms with Gasteiger partial charge < -0.3 is 9.47 Å². The van der Waals surface area contributed by atoms with Crippen molar-refractivity contribution in [3.8, 4) is 17.1 Å². The highest BCUT2D eigenvalue weighted by Gasteiger charge is 2.30. The summed E-state index contributed by atoms with van der Waals surface area (Å²) in [5.74, 6) is -1.89. The molecule has 0 bridgehead atoms. The van der Waals surface area contributed by atoms with Crippen molar-refractivity contribution >= 4 is 5.97 Å². The number of carbonyl (C=O) groups excluding carboxylic acids is 1. The molecule has 1 aliphatic carbocycles. The zero-order valence-electron chi connectivity index (χ0n) is 13.6. The van der Waals surface area contributed by atoms with Crippen molar-refractivity contribution in [3.05, 3.63) is 29.3 Å². The van der Waals surface area contributed by atoms with Crippen molar-refractivity contribution in [1.29, 1.82) is 0 Å². The molecule has 10 heteroatoms. The molecule has 2 aromatic rings. The molecule has 2 heterocycles. The van der Waals surface area contributed by atoms with Gasteiger partial charge in [-0.15, -0.1) is 0 Å². The molecule has 0 spiro atoms. The van der Waals surface area contributed by atoms with Crippen LogP contribution in [-0.2, 0) is 22.4 Å². The third-order valence-electron chi connectivity index (χ3n) is 4.20. The number of fused-ring (bicyclic) bond motifs is 1. The Labute approximate surface area is 145 Å². The molecule has 0 aliphatic heterocycles. The first-order chi connectivity index (χ1) is 12.4. The number of aromatic amines is 1. The fourth-order valence-corrected chi connectivity index (χ4v) is 2.93. The summed E-state index contributed by atoms with van der Waals surface area (Å²) >= 11 is 0. The number of hydrogen-bond donors (Lipinski definition) is 1. The second-order valence-electron chi connectivity index (χ2n) is 5.80. The summed E-state index contributed by atoms with van der Waals surface area (Å²) in [5.41, 5.74) is 1.56. The maximum atomic E-state index is 14.2. The fourth-order valence-electron chi connectivity index (χ4n) is 2.93. The molecular weight excluding hydrogens is 358 g/mol. The first-order valence-corrected chi connectivity index (χ1v) is 7.79. The number of ether oxygens (including phenoxy) is 2. The molecule has 0 fully saturated rings. The minimum absolute atomic E-state index is 0.0505. The number of hydrogen-bond acceptors (Lipinski definition) is 5. The van der Waals surface area contributed by atoms with Crippen LogP contribution in [-0.4, -0.2) is 41.0 Å². The summed E-state index contributed by atoms with van der Waals surface area (Å²) in [6.07, 6.45) is -4.15. The largest absolute Gasteiger partial charge is 0.469 e. The Hall–Kier alpha value is -2.65. The van der Waals surface area contributed by atoms with Crippen LogP contribution < -0.4 is 4.74 Å². The predicted molar refractivity (Wildman–Crippen MR) is 80.8 cm³/mol. The SMILES string of the molecule is COC(=O)C1CCc2c(-c3cc(OC(F)C(F)F)ncc3F)n[nH]c2C1. The Kier molecular flexibility index (Phi) is 5.10. The normalized spacial score (nSPS) is 17.7. The van der Waals surface area contributed by atoms with Crippen molar-refractivity contribution < 1.29 is 31.8 Å². The highest BCUT2D eigenvalue weighted by Crippen LogP contribution is 2.34. The molecular formula is C16H15F4N3O3. The van der Waals surface area contributed by atoms with Gasteiger partial charge in [0.25, 0.3) is 6.36 Å². The lowest BCUT2D eigenvalue weighted by Crippen LogP contribution is -2.23. The van der Waals surface area contributed by atoms with E-state index in [0.29, 0.717) is 30.5 Å². The van der Waals surface area contributed by atoms with Crippen molar-refractivity contribution in [2.75, 3.05) is 7.11 Å². The first-order valence-electron chi connectivity index (χ1n) is 7.79. The van der Waals surface area contributed by atoms with Gasteiger partial charge in [-0.3, -0.25) is 9.89 Å². The number of aromatic nitrogens is 3. The van der Waals surface area contributed by atoms with Crippen molar-refractivity contribution in [3.63, 3.8) is 0 Å². The highest BCUT2D eigenvalue weighted by molar-refractivity contribution is 5.74. The summed E-state index contributed by atoms with van der Waals surface area (Å²) < 4.78 is 60.9. The molecule has 26 heavy (non-hydrogen) atoms. The molecule has 1 N–H and O–H groups in total. The Morgan fingerprint density at radius 3 is 2.85 bits per heavy atom. The van der Waals surface area contributed by atoms with Gasteiger partial charge >= 0.3 is 12.4 Å². The summed E-state index contributed by atoms with van der Waals surface area (Å²) in [5, 5.41) is 6.82. The average molecular weight is 373 g/mol. The number of methoxy groups -OCH3 is 1. The van der Waals surface area contributed by atoms with Crippen LogP contribution in [0.25, 0.3) is 11.3 Å². The Morgan fingerprint density at radius 1 is 1.38 bits per heavy atom. The van der Waals surface area contributed by atoms with Crippen LogP contribution in [0.2, 0.25) is 0 Å². The molecule has 0 radical (unpaired) electrons. The number of esters is 1. The first kappa shape index (κ1) is 18.2. The van der Waals surface area contributed by atoms with E-state index >= 15 is 0 Å². The molecule has 0 amide bonds. The molecule has 0 saturated carbocycles. The molecule has 2 atom stereocenters. The topological polar surface area (TPSA) is 77.1 Å². The maximum Gasteiger partial charge on any atom is 0.309 e. The number of rotatable bonds is 5. The van der Waals surface area contributed by atoms with E-state index in [1.54, 1.807) is 0 Å². The monoisotopic (exact) mass is 373 g/mol. The number of alkyl halides is 3. The van der Waals surface area contributed by atoms with Gasteiger partial charge in [-0.25, -0.2) is 18.2 Å². The number of carbonyl (C=O) groups is 1. The van der Waals surface area contributed by atoms with Gasteiger partial charge in [0.15, 0.2) is 5.82 Å². The lowest BCUT2D eigenvalue weighted by molar-refractivity contribution is -0.145. The fraction of sp³-hybridized carbons (Fsp3) is 0.438. The van der Waals surface area contributed by atoms with Gasteiger partial charge in [-0.2, -0.15) is 9.49 Å². The van der Waals surface area contributed by atoms with Crippen molar-refractivity contribution in [1.82, 2.24) is 15.2 Å². The Morgan fingerprint density at radius 2 is 2.15 bits per heavy atom. The second kappa shape index (κ2) is 7.30. The van der Waals surface area contributed by atoms with E-state index in [1.807, 2.05) is 0 Å². The summed E-state index contributed by atoms with van der Waals surface area (Å²) in [4.78, 5) is 15.1. The van der Waals surface area contributed by atoms with Crippen LogP contribution in [0.1, 0.15) is 17.7 Å². The van der Waals surface area contributed by atoms with Crippen LogP contribution >= 0.6 is 0 Å². The average Bonchev–Trinajstić information content (AvgIpc) is 3.05. The van der Waals surface area contributed by atoms with E-state index in [0.717, 1.165) is 12.3 Å². The van der Waals surface area contributed by atoms with Gasteiger partial charge in [0.1, 0.15) is 0 Å². The van der Waals surface area contributed by atoms with Crippen molar-refractivity contribution in [2.24, 2.45) is 5.92 Å². The Balaban J connectivity index is 1.89. The van der Waals surface area contributed by atoms with E-state index < -0.39 is 24.5 Å². The van der Waals surface area contributed by atoms with E-state index in [2.05, 4.69) is 19.9 Å². The van der Waals surface area contributed by atoms with Crippen LogP contribution in [0, 0.1) is 11.7 Å². The highest BCUT2D eigenvalue weighted by atomic mass is 19.3. The molecule has 3 rings (SSSR count). The van der Waals surface area contributed by atoms with Crippen LogP contribution in [0.15, 0.2) is 12.3 Å². The standard InChI is InChI=1S/C16H15F4N3O3/c1-25-16(24)7-2-3-8-11(4-7)22-23-13(8)9-5-12(21-6-10(9)17)26-15(20)14(18)19/h5-7,14-15H,2-4H2,1H3,(H,22,23). The van der Waals surface area contributed by atoms with Gasteiger partial charge in [-0.1, -0.05) is 0 Å². The van der Waals surface area contributed by atoms with E-state index in [4.69, 9.17) is 4.74 Å². The second-order valence-corrected chi connectivity index (χ2v) is 5.80. The van der Waals surface area contributed by atoms with E-state index in [-0.39, 0.29) is 23.1 Å². The Bertz CT molecular complexity index is 812.